The molecule has 0 aromatic heterocycles. The van der Waals surface area contributed by atoms with Gasteiger partial charge in [0.15, 0.2) is 18.0 Å². The van der Waals surface area contributed by atoms with E-state index in [1.807, 2.05) is 6.07 Å². The smallest absolute Gasteiger partial charge is 0.408 e. The maximum atomic E-state index is 13.2. The lowest BCUT2D eigenvalue weighted by molar-refractivity contribution is -0.172. The van der Waals surface area contributed by atoms with Gasteiger partial charge in [0.2, 0.25) is 0 Å². The van der Waals surface area contributed by atoms with E-state index in [-0.39, 0.29) is 18.8 Å². The van der Waals surface area contributed by atoms with Crippen molar-refractivity contribution in [2.24, 2.45) is 5.73 Å². The normalized spacial score (nSPS) is 15.6. The van der Waals surface area contributed by atoms with Crippen molar-refractivity contribution in [1.29, 1.82) is 0 Å². The van der Waals surface area contributed by atoms with Gasteiger partial charge in [0.25, 0.3) is 5.91 Å². The van der Waals surface area contributed by atoms with Crippen molar-refractivity contribution in [2.45, 2.75) is 76.5 Å². The van der Waals surface area contributed by atoms with Gasteiger partial charge in [0.05, 0.1) is 0 Å². The zero-order valence-corrected chi connectivity index (χ0v) is 22.2. The van der Waals surface area contributed by atoms with Crippen molar-refractivity contribution < 1.29 is 33.4 Å². The lowest BCUT2D eigenvalue weighted by Gasteiger charge is -2.35. The molecule has 1 saturated carbocycles. The van der Waals surface area contributed by atoms with Crippen LogP contribution in [0.15, 0.2) is 54.6 Å². The second-order valence-electron chi connectivity index (χ2n) is 10.5. The zero-order valence-electron chi connectivity index (χ0n) is 22.2. The van der Waals surface area contributed by atoms with Crippen LogP contribution in [0.2, 0.25) is 0 Å². The Balaban J connectivity index is 1.69. The predicted molar refractivity (Wildman–Crippen MR) is 141 cm³/mol. The molecule has 0 spiro atoms. The molecule has 2 aromatic rings. The minimum atomic E-state index is -1.38. The Bertz CT molecular complexity index is 1120. The minimum Gasteiger partial charge on any atom is -0.485 e. The van der Waals surface area contributed by atoms with Crippen LogP contribution < -0.4 is 15.8 Å². The number of ether oxygens (including phenoxy) is 3. The van der Waals surface area contributed by atoms with Gasteiger partial charge in [0, 0.05) is 12.0 Å². The Kier molecular flexibility index (Phi) is 9.50. The summed E-state index contributed by atoms with van der Waals surface area (Å²) < 4.78 is 16.6. The highest BCUT2D eigenvalue weighted by atomic mass is 16.6. The molecular formula is C29H36N2O7. The summed E-state index contributed by atoms with van der Waals surface area (Å²) in [6.45, 7) is 5.02. The number of carbonyl (C=O) groups excluding carboxylic acids is 4. The van der Waals surface area contributed by atoms with E-state index in [0.29, 0.717) is 42.6 Å². The van der Waals surface area contributed by atoms with Crippen molar-refractivity contribution >= 4 is 23.8 Å². The van der Waals surface area contributed by atoms with E-state index in [4.69, 9.17) is 19.9 Å². The van der Waals surface area contributed by atoms with Crippen molar-refractivity contribution in [1.82, 2.24) is 5.32 Å². The third-order valence-corrected chi connectivity index (χ3v) is 6.21. The van der Waals surface area contributed by atoms with Crippen LogP contribution >= 0.6 is 0 Å². The summed E-state index contributed by atoms with van der Waals surface area (Å²) in [4.78, 5) is 50.3. The third kappa shape index (κ3) is 8.33. The Labute approximate surface area is 223 Å². The molecule has 0 radical (unpaired) electrons. The Morgan fingerprint density at radius 2 is 1.58 bits per heavy atom. The van der Waals surface area contributed by atoms with E-state index < -0.39 is 35.2 Å². The van der Waals surface area contributed by atoms with Gasteiger partial charge in [-0.25, -0.2) is 9.59 Å². The van der Waals surface area contributed by atoms with Crippen molar-refractivity contribution in [3.8, 4) is 5.75 Å². The number of ketones is 1. The summed E-state index contributed by atoms with van der Waals surface area (Å²) in [6, 6.07) is 14.5. The number of amides is 2. The Morgan fingerprint density at radius 1 is 0.947 bits per heavy atom. The van der Waals surface area contributed by atoms with Gasteiger partial charge in [-0.3, -0.25) is 9.59 Å². The lowest BCUT2D eigenvalue weighted by atomic mass is 9.84. The number of benzene rings is 2. The first-order valence-corrected chi connectivity index (χ1v) is 12.8. The summed E-state index contributed by atoms with van der Waals surface area (Å²) in [6.07, 6.45) is 2.36. The van der Waals surface area contributed by atoms with Crippen LogP contribution in [-0.2, 0) is 25.5 Å². The molecule has 0 unspecified atom stereocenters. The molecule has 0 heterocycles. The number of rotatable bonds is 10. The monoisotopic (exact) mass is 524 g/mol. The number of alkyl carbamates (subject to hydrolysis) is 1. The number of Topliss-reactive ketones (excluding diaryl/α,β-unsaturated/α-hetero) is 1. The number of primary amides is 1. The van der Waals surface area contributed by atoms with Crippen molar-refractivity contribution in [2.75, 3.05) is 6.61 Å². The average molecular weight is 525 g/mol. The molecule has 3 rings (SSSR count). The molecule has 0 aliphatic heterocycles. The maximum absolute atomic E-state index is 13.2. The fourth-order valence-corrected chi connectivity index (χ4v) is 4.24. The van der Waals surface area contributed by atoms with Gasteiger partial charge in [-0.2, -0.15) is 0 Å². The molecule has 204 valence electrons. The summed E-state index contributed by atoms with van der Waals surface area (Å²) in [5.41, 5.74) is 4.73. The molecule has 3 N–H and O–H groups in total. The first-order chi connectivity index (χ1) is 18.0. The second kappa shape index (κ2) is 12.6. The van der Waals surface area contributed by atoms with E-state index in [1.165, 1.54) is 0 Å². The molecule has 1 aliphatic carbocycles. The van der Waals surface area contributed by atoms with Crippen LogP contribution in [0.3, 0.4) is 0 Å². The first-order valence-electron chi connectivity index (χ1n) is 12.8. The summed E-state index contributed by atoms with van der Waals surface area (Å²) in [7, 11) is 0. The van der Waals surface area contributed by atoms with Crippen LogP contribution in [0, 0.1) is 0 Å². The predicted octanol–water partition coefficient (Wildman–Crippen LogP) is 4.12. The second-order valence-corrected chi connectivity index (χ2v) is 10.5. The fourth-order valence-electron chi connectivity index (χ4n) is 4.24. The molecule has 1 aliphatic rings. The topological polar surface area (TPSA) is 134 Å². The minimum absolute atomic E-state index is 0.0795. The summed E-state index contributed by atoms with van der Waals surface area (Å²) in [5, 5.41) is 2.58. The number of carbonyl (C=O) groups is 4. The van der Waals surface area contributed by atoms with Gasteiger partial charge in [-0.1, -0.05) is 48.9 Å². The van der Waals surface area contributed by atoms with E-state index in [2.05, 4.69) is 5.32 Å². The van der Waals surface area contributed by atoms with Gasteiger partial charge in [-0.05, 0) is 64.2 Å². The molecule has 9 nitrogen and oxygen atoms in total. The standard InChI is InChI=1S/C29H36N2O7/c1-28(2,3)38-27(35)31-23(25(33)37-29(26(30)34)16-8-5-9-17-29)18-20-12-14-22(15-13-20)36-19-24(32)21-10-6-4-7-11-21/h4,6-7,10-15,23H,5,8-9,16-19H2,1-3H3,(H2,30,34)(H,31,35)/t23-/m0/s1. The van der Waals surface area contributed by atoms with Crippen molar-refractivity contribution in [3.63, 3.8) is 0 Å². The van der Waals surface area contributed by atoms with Crippen LogP contribution in [-0.4, -0.2) is 47.6 Å². The number of hydrogen-bond donors (Lipinski definition) is 2. The molecule has 0 bridgehead atoms. The van der Waals surface area contributed by atoms with E-state index in [9.17, 15) is 19.2 Å². The molecular weight excluding hydrogens is 488 g/mol. The van der Waals surface area contributed by atoms with Crippen LogP contribution in [0.1, 0.15) is 68.8 Å². The number of nitrogens with two attached hydrogens (primary N) is 1. The Morgan fingerprint density at radius 3 is 2.16 bits per heavy atom. The molecule has 1 atom stereocenters. The average Bonchev–Trinajstić information content (AvgIpc) is 2.87. The van der Waals surface area contributed by atoms with Crippen LogP contribution in [0.25, 0.3) is 0 Å². The maximum Gasteiger partial charge on any atom is 0.408 e. The summed E-state index contributed by atoms with van der Waals surface area (Å²) in [5.74, 6) is -1.12. The summed E-state index contributed by atoms with van der Waals surface area (Å²) >= 11 is 0. The highest BCUT2D eigenvalue weighted by Crippen LogP contribution is 2.32. The Hall–Kier alpha value is -3.88. The molecule has 0 saturated heterocycles. The number of hydrogen-bond acceptors (Lipinski definition) is 7. The molecule has 1 fully saturated rings. The molecule has 9 heteroatoms. The van der Waals surface area contributed by atoms with Gasteiger partial charge in [-0.15, -0.1) is 0 Å². The van der Waals surface area contributed by atoms with Gasteiger partial charge < -0.3 is 25.3 Å². The van der Waals surface area contributed by atoms with Crippen molar-refractivity contribution in [3.05, 3.63) is 65.7 Å². The highest BCUT2D eigenvalue weighted by Gasteiger charge is 2.43. The largest absolute Gasteiger partial charge is 0.485 e. The quantitative estimate of drug-likeness (QED) is 0.353. The molecule has 38 heavy (non-hydrogen) atoms. The highest BCUT2D eigenvalue weighted by molar-refractivity contribution is 5.97. The SMILES string of the molecule is CC(C)(C)OC(=O)N[C@@H](Cc1ccc(OCC(=O)c2ccccc2)cc1)C(=O)OC1(C(N)=O)CCCCC1. The van der Waals surface area contributed by atoms with E-state index >= 15 is 0 Å². The van der Waals surface area contributed by atoms with Crippen LogP contribution in [0.4, 0.5) is 4.79 Å². The lowest BCUT2D eigenvalue weighted by Crippen LogP contribution is -2.53. The van der Waals surface area contributed by atoms with E-state index in [0.717, 1.165) is 6.42 Å². The number of esters is 1. The zero-order chi connectivity index (χ0) is 27.8. The molecule has 2 aromatic carbocycles. The van der Waals surface area contributed by atoms with Gasteiger partial charge in [0.1, 0.15) is 17.4 Å². The van der Waals surface area contributed by atoms with Gasteiger partial charge >= 0.3 is 12.1 Å². The van der Waals surface area contributed by atoms with E-state index in [1.54, 1.807) is 69.3 Å². The third-order valence-electron chi connectivity index (χ3n) is 6.21. The number of nitrogens with one attached hydrogen (secondary N) is 1. The fraction of sp³-hybridized carbons (Fsp3) is 0.448. The molecule has 2 amide bonds. The first kappa shape index (κ1) is 28.7. The van der Waals surface area contributed by atoms with Crippen LogP contribution in [0.5, 0.6) is 5.75 Å².